The number of nitrogens with one attached hydrogen (secondary N) is 1. The molecule has 1 saturated carbocycles. The highest BCUT2D eigenvalue weighted by molar-refractivity contribution is 7.91. The van der Waals surface area contributed by atoms with Gasteiger partial charge >= 0.3 is 6.03 Å². The number of benzene rings is 1. The molecule has 0 unspecified atom stereocenters. The van der Waals surface area contributed by atoms with Crippen LogP contribution < -0.4 is 5.32 Å². The van der Waals surface area contributed by atoms with Crippen LogP contribution in [0.5, 0.6) is 0 Å². The monoisotopic (exact) mass is 324 g/mol. The predicted molar refractivity (Wildman–Crippen MR) is 87.7 cm³/mol. The van der Waals surface area contributed by atoms with Crippen LogP contribution in [-0.4, -0.2) is 50.0 Å². The Labute approximate surface area is 132 Å². The molecule has 0 aliphatic heterocycles. The Morgan fingerprint density at radius 3 is 2.59 bits per heavy atom. The normalized spacial score (nSPS) is 22.0. The van der Waals surface area contributed by atoms with Gasteiger partial charge in [0.1, 0.15) is 0 Å². The molecule has 2 rings (SSSR count). The minimum Gasteiger partial charge on any atom is -0.335 e. The number of hydrogen-bond donors (Lipinski definition) is 1. The first-order chi connectivity index (χ1) is 10.3. The highest BCUT2D eigenvalue weighted by atomic mass is 32.2. The lowest BCUT2D eigenvalue weighted by Crippen LogP contribution is -2.46. The van der Waals surface area contributed by atoms with Gasteiger partial charge in [0.25, 0.3) is 0 Å². The highest BCUT2D eigenvalue weighted by Gasteiger charge is 2.40. The molecule has 1 N–H and O–H groups in total. The Hall–Kier alpha value is -1.56. The number of sulfone groups is 1. The second-order valence-electron chi connectivity index (χ2n) is 5.97. The van der Waals surface area contributed by atoms with Crippen molar-refractivity contribution in [1.82, 2.24) is 10.2 Å². The van der Waals surface area contributed by atoms with Gasteiger partial charge in [-0.25, -0.2) is 13.2 Å². The second-order valence-corrected chi connectivity index (χ2v) is 8.37. The molecule has 1 fully saturated rings. The number of urea groups is 1. The van der Waals surface area contributed by atoms with E-state index >= 15 is 0 Å². The van der Waals surface area contributed by atoms with Crippen molar-refractivity contribution in [2.24, 2.45) is 0 Å². The molecule has 22 heavy (non-hydrogen) atoms. The highest BCUT2D eigenvalue weighted by Crippen LogP contribution is 2.40. The quantitative estimate of drug-likeness (QED) is 0.870. The number of rotatable bonds is 6. The Morgan fingerprint density at radius 1 is 1.36 bits per heavy atom. The number of carbonyl (C=O) groups is 1. The summed E-state index contributed by atoms with van der Waals surface area (Å²) in [5, 5.41) is 2.98. The van der Waals surface area contributed by atoms with Crippen LogP contribution in [-0.2, 0) is 9.84 Å². The Kier molecular flexibility index (Phi) is 5.11. The minimum absolute atomic E-state index is 0.000199. The third kappa shape index (κ3) is 4.22. The van der Waals surface area contributed by atoms with Crippen LogP contribution in [0.3, 0.4) is 0 Å². The number of nitrogens with zero attached hydrogens (tertiary/aromatic N) is 1. The Bertz CT molecular complexity index is 616. The van der Waals surface area contributed by atoms with Crippen molar-refractivity contribution in [3.05, 3.63) is 35.9 Å². The summed E-state index contributed by atoms with van der Waals surface area (Å²) in [7, 11) is -1.44. The van der Waals surface area contributed by atoms with Gasteiger partial charge in [-0.1, -0.05) is 37.3 Å². The maximum absolute atomic E-state index is 12.2. The first-order valence-corrected chi connectivity index (χ1v) is 9.45. The van der Waals surface area contributed by atoms with Gasteiger partial charge < -0.3 is 10.2 Å². The van der Waals surface area contributed by atoms with E-state index in [1.807, 2.05) is 18.2 Å². The van der Waals surface area contributed by atoms with Gasteiger partial charge in [-0.3, -0.25) is 0 Å². The van der Waals surface area contributed by atoms with Crippen LogP contribution in [0.2, 0.25) is 0 Å². The average Bonchev–Trinajstić information content (AvgIpc) is 3.26. The zero-order valence-corrected chi connectivity index (χ0v) is 14.1. The third-order valence-electron chi connectivity index (χ3n) is 4.24. The molecule has 1 aliphatic carbocycles. The second kappa shape index (κ2) is 6.69. The van der Waals surface area contributed by atoms with Gasteiger partial charge in [-0.15, -0.1) is 0 Å². The van der Waals surface area contributed by atoms with Gasteiger partial charge in [0, 0.05) is 30.8 Å². The van der Waals surface area contributed by atoms with Gasteiger partial charge in [0.2, 0.25) is 0 Å². The van der Waals surface area contributed by atoms with Crippen molar-refractivity contribution in [3.8, 4) is 0 Å². The molecule has 1 aromatic carbocycles. The molecule has 1 aromatic rings. The van der Waals surface area contributed by atoms with E-state index in [-0.39, 0.29) is 29.6 Å². The molecule has 3 atom stereocenters. The third-order valence-corrected chi connectivity index (χ3v) is 6.11. The maximum atomic E-state index is 12.2. The maximum Gasteiger partial charge on any atom is 0.317 e. The van der Waals surface area contributed by atoms with Crippen LogP contribution in [0, 0.1) is 0 Å². The van der Waals surface area contributed by atoms with E-state index in [2.05, 4.69) is 17.4 Å². The van der Waals surface area contributed by atoms with E-state index in [4.69, 9.17) is 0 Å². The van der Waals surface area contributed by atoms with Gasteiger partial charge in [-0.2, -0.15) is 0 Å². The topological polar surface area (TPSA) is 66.5 Å². The van der Waals surface area contributed by atoms with Crippen molar-refractivity contribution in [1.29, 1.82) is 0 Å². The van der Waals surface area contributed by atoms with Crippen molar-refractivity contribution in [2.45, 2.75) is 38.3 Å². The molecule has 0 bridgehead atoms. The fourth-order valence-corrected chi connectivity index (χ4v) is 3.68. The van der Waals surface area contributed by atoms with E-state index in [1.165, 1.54) is 10.5 Å². The van der Waals surface area contributed by atoms with Crippen molar-refractivity contribution in [3.63, 3.8) is 0 Å². The van der Waals surface area contributed by atoms with E-state index < -0.39 is 9.84 Å². The van der Waals surface area contributed by atoms with Crippen molar-refractivity contribution < 1.29 is 13.2 Å². The smallest absolute Gasteiger partial charge is 0.317 e. The summed E-state index contributed by atoms with van der Waals surface area (Å²) in [5.74, 6) is 0.472. The predicted octanol–water partition coefficient (Wildman–Crippen LogP) is 2.01. The minimum atomic E-state index is -3.09. The number of hydrogen-bond acceptors (Lipinski definition) is 3. The Balaban J connectivity index is 1.85. The summed E-state index contributed by atoms with van der Waals surface area (Å²) in [4.78, 5) is 13.7. The number of carbonyl (C=O) groups excluding carboxylic acids is 1. The Morgan fingerprint density at radius 2 is 2.00 bits per heavy atom. The van der Waals surface area contributed by atoms with Gasteiger partial charge in [0.15, 0.2) is 9.84 Å². The van der Waals surface area contributed by atoms with Gasteiger partial charge in [-0.05, 0) is 18.9 Å². The van der Waals surface area contributed by atoms with Crippen LogP contribution >= 0.6 is 0 Å². The average molecular weight is 324 g/mol. The number of amides is 2. The van der Waals surface area contributed by atoms with Crippen LogP contribution in [0.1, 0.15) is 31.7 Å². The molecule has 1 aliphatic rings. The molecule has 0 radical (unpaired) electrons. The van der Waals surface area contributed by atoms with Gasteiger partial charge in [0.05, 0.1) is 5.75 Å². The van der Waals surface area contributed by atoms with E-state index in [9.17, 15) is 13.2 Å². The molecule has 0 saturated heterocycles. The van der Waals surface area contributed by atoms with E-state index in [0.29, 0.717) is 5.92 Å². The first kappa shape index (κ1) is 16.8. The molecular formula is C16H24N2O3S. The zero-order chi connectivity index (χ0) is 16.3. The zero-order valence-electron chi connectivity index (χ0n) is 13.3. The fourth-order valence-electron chi connectivity index (χ4n) is 2.48. The lowest BCUT2D eigenvalue weighted by atomic mass is 10.1. The standard InChI is InChI=1S/C16H24N2O3S/c1-4-22(20,21)11-12(2)18(3)16(19)17-15-10-14(15)13-8-6-5-7-9-13/h5-9,12,14-15H,4,10-11H2,1-3H3,(H,17,19)/t12-,14-,15-/m0/s1. The molecule has 0 heterocycles. The summed E-state index contributed by atoms with van der Waals surface area (Å²) in [5.41, 5.74) is 1.23. The molecule has 0 aromatic heterocycles. The molecule has 2 amide bonds. The molecule has 122 valence electrons. The van der Waals surface area contributed by atoms with Crippen molar-refractivity contribution >= 4 is 15.9 Å². The summed E-state index contributed by atoms with van der Waals surface area (Å²) in [6, 6.07) is 9.71. The summed E-state index contributed by atoms with van der Waals surface area (Å²) in [6.45, 7) is 3.38. The van der Waals surface area contributed by atoms with Crippen LogP contribution in [0.15, 0.2) is 30.3 Å². The molecule has 0 spiro atoms. The first-order valence-electron chi connectivity index (χ1n) is 7.62. The van der Waals surface area contributed by atoms with Crippen molar-refractivity contribution in [2.75, 3.05) is 18.6 Å². The molecule has 6 heteroatoms. The fraction of sp³-hybridized carbons (Fsp3) is 0.562. The van der Waals surface area contributed by atoms with Crippen LogP contribution in [0.4, 0.5) is 4.79 Å². The summed E-state index contributed by atoms with van der Waals surface area (Å²) < 4.78 is 23.3. The molecule has 5 nitrogen and oxygen atoms in total. The largest absolute Gasteiger partial charge is 0.335 e. The van der Waals surface area contributed by atoms with E-state index in [0.717, 1.165) is 6.42 Å². The lowest BCUT2D eigenvalue weighted by molar-refractivity contribution is 0.197. The van der Waals surface area contributed by atoms with E-state index in [1.54, 1.807) is 20.9 Å². The summed E-state index contributed by atoms with van der Waals surface area (Å²) >= 11 is 0. The SMILES string of the molecule is CCS(=O)(=O)C[C@H](C)N(C)C(=O)N[C@H]1C[C@H]1c1ccccc1. The lowest BCUT2D eigenvalue weighted by Gasteiger charge is -2.25. The van der Waals surface area contributed by atoms with Crippen LogP contribution in [0.25, 0.3) is 0 Å². The summed E-state index contributed by atoms with van der Waals surface area (Å²) in [6.07, 6.45) is 0.936. The molecular weight excluding hydrogens is 300 g/mol.